The first kappa shape index (κ1) is 15.9. The molecule has 0 amide bonds. The van der Waals surface area contributed by atoms with E-state index in [2.05, 4.69) is 16.1 Å². The van der Waals surface area contributed by atoms with Crippen molar-refractivity contribution < 1.29 is 12.9 Å². The molecule has 1 aliphatic heterocycles. The molecule has 0 atom stereocenters. The molecule has 1 N–H and O–H groups in total. The Morgan fingerprint density at radius 3 is 2.38 bits per heavy atom. The Bertz CT molecular complexity index is 570. The lowest BCUT2D eigenvalue weighted by atomic mass is 9.71. The second-order valence-electron chi connectivity index (χ2n) is 5.49. The molecule has 0 aliphatic carbocycles. The molecule has 2 nitrogen and oxygen atoms in total. The van der Waals surface area contributed by atoms with Gasteiger partial charge in [0.05, 0.1) is 0 Å². The Kier molecular flexibility index (Phi) is 4.65. The highest BCUT2D eigenvalue weighted by Gasteiger charge is 2.31. The van der Waals surface area contributed by atoms with Crippen molar-refractivity contribution in [2.75, 3.05) is 26.2 Å². The van der Waals surface area contributed by atoms with Crippen LogP contribution in [-0.4, -0.2) is 38.1 Å². The Balaban J connectivity index is 2.44. The molecule has 0 bridgehead atoms. The Labute approximate surface area is 123 Å². The van der Waals surface area contributed by atoms with E-state index in [9.17, 15) is 12.9 Å². The van der Waals surface area contributed by atoms with Crippen LogP contribution in [0.2, 0.25) is 0 Å². The summed E-state index contributed by atoms with van der Waals surface area (Å²) in [5.74, 6) is 2.39. The monoisotopic (exact) mass is 295 g/mol. The summed E-state index contributed by atoms with van der Waals surface area (Å²) < 4.78 is 40.1. The molecule has 114 valence electrons. The van der Waals surface area contributed by atoms with E-state index < -0.39 is 12.4 Å². The quantitative estimate of drug-likeness (QED) is 0.675. The molecule has 1 aliphatic rings. The van der Waals surface area contributed by atoms with Gasteiger partial charge >= 0.3 is 6.98 Å². The van der Waals surface area contributed by atoms with Crippen molar-refractivity contribution in [2.45, 2.75) is 20.4 Å². The number of rotatable bonds is 3. The highest BCUT2D eigenvalue weighted by molar-refractivity contribution is 6.74. The number of halogens is 3. The smallest absolute Gasteiger partial charge is 0.445 e. The van der Waals surface area contributed by atoms with Crippen LogP contribution in [0.4, 0.5) is 12.9 Å². The molecule has 0 saturated carbocycles. The van der Waals surface area contributed by atoms with E-state index >= 15 is 0 Å². The molecule has 1 fully saturated rings. The van der Waals surface area contributed by atoms with Gasteiger partial charge in [-0.3, -0.25) is 4.90 Å². The minimum absolute atomic E-state index is 0.173. The zero-order valence-corrected chi connectivity index (χ0v) is 12.3. The average molecular weight is 295 g/mol. The van der Waals surface area contributed by atoms with Crippen LogP contribution in [0.1, 0.15) is 22.3 Å². The predicted molar refractivity (Wildman–Crippen MR) is 80.7 cm³/mol. The fourth-order valence-electron chi connectivity index (χ4n) is 2.91. The summed E-state index contributed by atoms with van der Waals surface area (Å²) in [6.07, 6.45) is 5.38. The summed E-state index contributed by atoms with van der Waals surface area (Å²) in [7, 11) is 0. The summed E-state index contributed by atoms with van der Waals surface area (Å²) in [6, 6.07) is 1.73. The molecule has 1 aromatic rings. The van der Waals surface area contributed by atoms with Crippen molar-refractivity contribution >= 4 is 12.4 Å². The van der Waals surface area contributed by atoms with Gasteiger partial charge < -0.3 is 18.3 Å². The van der Waals surface area contributed by atoms with Crippen molar-refractivity contribution in [1.82, 2.24) is 10.2 Å². The molecule has 1 aromatic carbocycles. The molecule has 0 radical (unpaired) electrons. The summed E-state index contributed by atoms with van der Waals surface area (Å²) in [5, 5.41) is 3.23. The van der Waals surface area contributed by atoms with Crippen molar-refractivity contribution in [3.63, 3.8) is 0 Å². The van der Waals surface area contributed by atoms with Gasteiger partial charge in [-0.2, -0.15) is 0 Å². The van der Waals surface area contributed by atoms with Crippen molar-refractivity contribution in [2.24, 2.45) is 0 Å². The van der Waals surface area contributed by atoms with Gasteiger partial charge in [0, 0.05) is 38.3 Å². The Hall–Kier alpha value is -1.45. The van der Waals surface area contributed by atoms with Crippen molar-refractivity contribution in [3.8, 4) is 12.3 Å². The number of hydrogen-bond donors (Lipinski definition) is 1. The maximum absolute atomic E-state index is 13.4. The lowest BCUT2D eigenvalue weighted by Crippen LogP contribution is -2.44. The Morgan fingerprint density at radius 1 is 1.24 bits per heavy atom. The van der Waals surface area contributed by atoms with Gasteiger partial charge in [0.15, 0.2) is 0 Å². The van der Waals surface area contributed by atoms with Gasteiger partial charge in [-0.15, -0.1) is 11.9 Å². The number of terminal acetylenes is 1. The molecule has 6 heteroatoms. The zero-order valence-electron chi connectivity index (χ0n) is 12.3. The van der Waals surface area contributed by atoms with Crippen LogP contribution in [0, 0.1) is 26.2 Å². The van der Waals surface area contributed by atoms with Crippen molar-refractivity contribution in [3.05, 3.63) is 28.3 Å². The topological polar surface area (TPSA) is 15.3 Å². The minimum atomic E-state index is -5.06. The van der Waals surface area contributed by atoms with E-state index in [0.717, 1.165) is 26.2 Å². The molecule has 2 rings (SSSR count). The summed E-state index contributed by atoms with van der Waals surface area (Å²) in [4.78, 5) is 2.15. The maximum Gasteiger partial charge on any atom is 0.510 e. The number of hydrogen-bond acceptors (Lipinski definition) is 2. The van der Waals surface area contributed by atoms with Gasteiger partial charge in [-0.25, -0.2) is 0 Å². The van der Waals surface area contributed by atoms with Crippen LogP contribution in [0.25, 0.3) is 0 Å². The van der Waals surface area contributed by atoms with Crippen molar-refractivity contribution in [1.29, 1.82) is 0 Å². The van der Waals surface area contributed by atoms with E-state index in [1.165, 1.54) is 6.92 Å². The van der Waals surface area contributed by atoms with E-state index in [1.807, 2.05) is 0 Å². The normalized spacial score (nSPS) is 16.8. The second-order valence-corrected chi connectivity index (χ2v) is 5.49. The number of piperazine rings is 1. The highest BCUT2D eigenvalue weighted by Crippen LogP contribution is 2.22. The molecule has 0 spiro atoms. The zero-order chi connectivity index (χ0) is 15.6. The maximum atomic E-state index is 13.4. The third kappa shape index (κ3) is 3.42. The van der Waals surface area contributed by atoms with E-state index in [4.69, 9.17) is 6.42 Å². The van der Waals surface area contributed by atoms with Gasteiger partial charge in [-0.05, 0) is 25.5 Å². The molecule has 0 aromatic heterocycles. The van der Waals surface area contributed by atoms with Crippen LogP contribution >= 0.6 is 0 Å². The fraction of sp³-hybridized carbons (Fsp3) is 0.467. The second kappa shape index (κ2) is 6.12. The number of nitrogens with one attached hydrogen (secondary N) is 1. The van der Waals surface area contributed by atoms with Gasteiger partial charge in [0.25, 0.3) is 0 Å². The molecular weight excluding hydrogens is 276 g/mol. The molecular formula is C15H19BF3N2-. The highest BCUT2D eigenvalue weighted by atomic mass is 19.4. The average Bonchev–Trinajstić information content (AvgIpc) is 2.41. The molecule has 21 heavy (non-hydrogen) atoms. The van der Waals surface area contributed by atoms with Gasteiger partial charge in [0.1, 0.15) is 0 Å². The standard InChI is InChI=1S/C15H19BF3N2/c1-4-13-9-14(10-21-7-5-20-6-8-21)12(3)15(11(13)2)16(17,18)19/h1,9,20H,5-8,10H2,2-3H3/q-1. The van der Waals surface area contributed by atoms with Gasteiger partial charge in [0.2, 0.25) is 0 Å². The third-order valence-corrected chi connectivity index (χ3v) is 4.10. The van der Waals surface area contributed by atoms with Crippen LogP contribution in [-0.2, 0) is 6.54 Å². The largest absolute Gasteiger partial charge is 0.510 e. The lowest BCUT2D eigenvalue weighted by molar-refractivity contribution is 0.233. The van der Waals surface area contributed by atoms with Gasteiger partial charge in [-0.1, -0.05) is 17.0 Å². The third-order valence-electron chi connectivity index (χ3n) is 4.10. The SMILES string of the molecule is C#Cc1cc(CN2CCNCC2)c(C)c([B-](F)(F)F)c1C. The van der Waals surface area contributed by atoms with Crippen LogP contribution < -0.4 is 10.8 Å². The van der Waals surface area contributed by atoms with E-state index in [0.29, 0.717) is 23.2 Å². The van der Waals surface area contributed by atoms with Crippen LogP contribution in [0.3, 0.4) is 0 Å². The predicted octanol–water partition coefficient (Wildman–Crippen LogP) is 1.74. The first-order valence-electron chi connectivity index (χ1n) is 7.07. The minimum Gasteiger partial charge on any atom is -0.445 e. The number of nitrogens with zero attached hydrogens (tertiary/aromatic N) is 1. The molecule has 1 saturated heterocycles. The Morgan fingerprint density at radius 2 is 1.86 bits per heavy atom. The van der Waals surface area contributed by atoms with Crippen LogP contribution in [0.15, 0.2) is 6.07 Å². The van der Waals surface area contributed by atoms with E-state index in [-0.39, 0.29) is 5.56 Å². The van der Waals surface area contributed by atoms with Crippen LogP contribution in [0.5, 0.6) is 0 Å². The summed E-state index contributed by atoms with van der Waals surface area (Å²) >= 11 is 0. The fourth-order valence-corrected chi connectivity index (χ4v) is 2.91. The summed E-state index contributed by atoms with van der Waals surface area (Å²) in [6.45, 7) is 1.87. The number of benzene rings is 1. The lowest BCUT2D eigenvalue weighted by Gasteiger charge is -2.30. The van der Waals surface area contributed by atoms with E-state index in [1.54, 1.807) is 13.0 Å². The molecule has 1 heterocycles. The first-order chi connectivity index (χ1) is 9.84. The first-order valence-corrected chi connectivity index (χ1v) is 7.07. The summed E-state index contributed by atoms with van der Waals surface area (Å²) in [5.41, 5.74) is 1.00. The molecule has 0 unspecified atom stereocenters.